The third-order valence-corrected chi connectivity index (χ3v) is 6.22. The Kier molecular flexibility index (Phi) is 9.11. The fraction of sp³-hybridized carbons (Fsp3) is 0.640. The molecule has 0 unspecified atom stereocenters. The Morgan fingerprint density at radius 1 is 1.15 bits per heavy atom. The topological polar surface area (TPSA) is 94.5 Å². The summed E-state index contributed by atoms with van der Waals surface area (Å²) in [6.07, 6.45) is 11.3. The van der Waals surface area contributed by atoms with Crippen molar-refractivity contribution in [2.24, 2.45) is 5.92 Å². The first kappa shape index (κ1) is 25.0. The smallest absolute Gasteiger partial charge is 0.356 e. The van der Waals surface area contributed by atoms with Crippen LogP contribution in [0.1, 0.15) is 75.7 Å². The third kappa shape index (κ3) is 6.47. The summed E-state index contributed by atoms with van der Waals surface area (Å²) in [4.78, 5) is 30.0. The van der Waals surface area contributed by atoms with Gasteiger partial charge in [-0.15, -0.1) is 0 Å². The molecule has 0 aromatic carbocycles. The van der Waals surface area contributed by atoms with E-state index in [2.05, 4.69) is 24.5 Å². The van der Waals surface area contributed by atoms with Crippen LogP contribution in [0, 0.1) is 5.92 Å². The lowest BCUT2D eigenvalue weighted by atomic mass is 9.96. The van der Waals surface area contributed by atoms with Crippen LogP contribution in [0.5, 0.6) is 0 Å². The van der Waals surface area contributed by atoms with Crippen LogP contribution in [-0.2, 0) is 20.8 Å². The molecule has 33 heavy (non-hydrogen) atoms. The molecule has 2 heterocycles. The fourth-order valence-electron chi connectivity index (χ4n) is 4.49. The van der Waals surface area contributed by atoms with Crippen molar-refractivity contribution < 1.29 is 19.1 Å². The zero-order chi connectivity index (χ0) is 23.8. The average Bonchev–Trinajstić information content (AvgIpc) is 3.06. The molecule has 3 rings (SSSR count). The number of aryl methyl sites for hydroxylation is 1. The Morgan fingerprint density at radius 3 is 2.48 bits per heavy atom. The van der Waals surface area contributed by atoms with E-state index in [-0.39, 0.29) is 12.5 Å². The van der Waals surface area contributed by atoms with Gasteiger partial charge >= 0.3 is 5.97 Å². The van der Waals surface area contributed by atoms with Gasteiger partial charge in [-0.2, -0.15) is 0 Å². The van der Waals surface area contributed by atoms with Crippen LogP contribution < -0.4 is 10.6 Å². The minimum atomic E-state index is -0.501. The molecular weight excluding hydrogens is 420 g/mol. The van der Waals surface area contributed by atoms with Gasteiger partial charge in [-0.3, -0.25) is 4.79 Å². The Labute approximate surface area is 196 Å². The van der Waals surface area contributed by atoms with Crippen LogP contribution in [0.2, 0.25) is 0 Å². The molecule has 1 amide bonds. The lowest BCUT2D eigenvalue weighted by Crippen LogP contribution is -2.21. The zero-order valence-corrected chi connectivity index (χ0v) is 20.4. The van der Waals surface area contributed by atoms with Gasteiger partial charge in [-0.25, -0.2) is 9.78 Å². The summed E-state index contributed by atoms with van der Waals surface area (Å²) in [5.41, 5.74) is 2.30. The molecular formula is C25H38N4O4. The maximum atomic E-state index is 12.8. The number of fused-ring (bicyclic) bond motifs is 1. The lowest BCUT2D eigenvalue weighted by Gasteiger charge is -2.22. The van der Waals surface area contributed by atoms with Crippen molar-refractivity contribution in [1.82, 2.24) is 9.55 Å². The molecule has 0 bridgehead atoms. The molecule has 0 saturated heterocycles. The average molecular weight is 459 g/mol. The van der Waals surface area contributed by atoms with Gasteiger partial charge in [0, 0.05) is 25.1 Å². The molecule has 8 nitrogen and oxygen atoms in total. The van der Waals surface area contributed by atoms with Gasteiger partial charge in [0.1, 0.15) is 12.3 Å². The number of aromatic nitrogens is 2. The van der Waals surface area contributed by atoms with Crippen LogP contribution in [-0.4, -0.2) is 48.3 Å². The molecule has 2 aromatic heterocycles. The number of nitrogens with one attached hydrogen (secondary N) is 2. The van der Waals surface area contributed by atoms with Crippen LogP contribution >= 0.6 is 0 Å². The Morgan fingerprint density at radius 2 is 1.85 bits per heavy atom. The standard InChI is InChI=1S/C25H38N4O4/c1-17(2)12-13-29-23(25(31)33-4)22(28-21(30)16-32-3)20-14-19(15-26-24(20)29)27-18-10-8-6-5-7-9-11-18/h14-15,17-18,27H,5-13,16H2,1-4H3,(H,28,30). The van der Waals surface area contributed by atoms with E-state index in [1.54, 1.807) is 0 Å². The number of hydrogen-bond acceptors (Lipinski definition) is 6. The third-order valence-electron chi connectivity index (χ3n) is 6.22. The quantitative estimate of drug-likeness (QED) is 0.515. The van der Waals surface area contributed by atoms with Gasteiger partial charge < -0.3 is 24.7 Å². The number of methoxy groups -OCH3 is 2. The molecule has 8 heteroatoms. The number of ether oxygens (including phenoxy) is 2. The number of anilines is 2. The van der Waals surface area contributed by atoms with E-state index in [9.17, 15) is 9.59 Å². The molecule has 0 radical (unpaired) electrons. The molecule has 1 aliphatic rings. The molecule has 1 fully saturated rings. The maximum absolute atomic E-state index is 12.8. The van der Waals surface area contributed by atoms with Crippen LogP contribution in [0.25, 0.3) is 11.0 Å². The highest BCUT2D eigenvalue weighted by Gasteiger charge is 2.26. The van der Waals surface area contributed by atoms with Gasteiger partial charge in [0.2, 0.25) is 5.91 Å². The number of nitrogens with zero attached hydrogens (tertiary/aromatic N) is 2. The van der Waals surface area contributed by atoms with Crippen molar-refractivity contribution in [2.45, 2.75) is 77.8 Å². The predicted octanol–water partition coefficient (Wildman–Crippen LogP) is 4.98. The summed E-state index contributed by atoms with van der Waals surface area (Å²) >= 11 is 0. The van der Waals surface area contributed by atoms with E-state index in [1.165, 1.54) is 46.3 Å². The first-order valence-corrected chi connectivity index (χ1v) is 12.1. The largest absolute Gasteiger partial charge is 0.464 e. The van der Waals surface area contributed by atoms with Crippen LogP contribution in [0.4, 0.5) is 11.4 Å². The highest BCUT2D eigenvalue weighted by atomic mass is 16.5. The summed E-state index contributed by atoms with van der Waals surface area (Å²) in [6.45, 7) is 4.76. The van der Waals surface area contributed by atoms with E-state index in [1.807, 2.05) is 16.8 Å². The van der Waals surface area contributed by atoms with Crippen molar-refractivity contribution in [3.05, 3.63) is 18.0 Å². The van der Waals surface area contributed by atoms with Gasteiger partial charge in [0.05, 0.1) is 24.7 Å². The van der Waals surface area contributed by atoms with Crippen LogP contribution in [0.15, 0.2) is 12.3 Å². The highest BCUT2D eigenvalue weighted by molar-refractivity contribution is 6.11. The Hall–Kier alpha value is -2.61. The molecule has 2 aromatic rings. The summed E-state index contributed by atoms with van der Waals surface area (Å²) in [6, 6.07) is 2.39. The summed E-state index contributed by atoms with van der Waals surface area (Å²) in [5, 5.41) is 7.24. The Bertz CT molecular complexity index is 946. The fourth-order valence-corrected chi connectivity index (χ4v) is 4.49. The second-order valence-corrected chi connectivity index (χ2v) is 9.31. The predicted molar refractivity (Wildman–Crippen MR) is 131 cm³/mol. The zero-order valence-electron chi connectivity index (χ0n) is 20.4. The van der Waals surface area contributed by atoms with E-state index in [0.717, 1.165) is 30.3 Å². The normalized spacial score (nSPS) is 15.3. The van der Waals surface area contributed by atoms with Gasteiger partial charge in [0.15, 0.2) is 5.69 Å². The molecule has 1 saturated carbocycles. The first-order chi connectivity index (χ1) is 15.9. The maximum Gasteiger partial charge on any atom is 0.356 e. The van der Waals surface area contributed by atoms with E-state index >= 15 is 0 Å². The second-order valence-electron chi connectivity index (χ2n) is 9.31. The number of pyridine rings is 1. The van der Waals surface area contributed by atoms with E-state index in [4.69, 9.17) is 14.5 Å². The number of hydrogen-bond donors (Lipinski definition) is 2. The molecule has 2 N–H and O–H groups in total. The Balaban J connectivity index is 2.04. The second kappa shape index (κ2) is 12.0. The van der Waals surface area contributed by atoms with Crippen LogP contribution in [0.3, 0.4) is 0 Å². The minimum absolute atomic E-state index is 0.104. The first-order valence-electron chi connectivity index (χ1n) is 12.1. The van der Waals surface area contributed by atoms with Gasteiger partial charge in [-0.1, -0.05) is 46.0 Å². The van der Waals surface area contributed by atoms with Gasteiger partial charge in [-0.05, 0) is 31.2 Å². The summed E-state index contributed by atoms with van der Waals surface area (Å²) < 4.78 is 11.9. The van der Waals surface area contributed by atoms with Crippen molar-refractivity contribution in [1.29, 1.82) is 0 Å². The number of rotatable bonds is 9. The monoisotopic (exact) mass is 458 g/mol. The number of carbonyl (C=O) groups is 2. The number of amides is 1. The SMILES string of the molecule is COCC(=O)Nc1c(C(=O)OC)n(CCC(C)C)c2ncc(NC3CCCCCCC3)cc12. The highest BCUT2D eigenvalue weighted by Crippen LogP contribution is 2.34. The lowest BCUT2D eigenvalue weighted by molar-refractivity contribution is -0.119. The molecule has 1 aliphatic carbocycles. The molecule has 0 atom stereocenters. The minimum Gasteiger partial charge on any atom is -0.464 e. The number of esters is 1. The number of carbonyl (C=O) groups excluding carboxylic acids is 2. The van der Waals surface area contributed by atoms with E-state index < -0.39 is 5.97 Å². The summed E-state index contributed by atoms with van der Waals surface area (Å²) in [7, 11) is 2.81. The van der Waals surface area contributed by atoms with Crippen molar-refractivity contribution >= 4 is 34.3 Å². The van der Waals surface area contributed by atoms with Crippen molar-refractivity contribution in [3.63, 3.8) is 0 Å². The van der Waals surface area contributed by atoms with Gasteiger partial charge in [0.25, 0.3) is 0 Å². The van der Waals surface area contributed by atoms with Crippen molar-refractivity contribution in [3.8, 4) is 0 Å². The molecule has 0 spiro atoms. The molecule has 182 valence electrons. The summed E-state index contributed by atoms with van der Waals surface area (Å²) in [5.74, 6) is -0.386. The van der Waals surface area contributed by atoms with Crippen molar-refractivity contribution in [2.75, 3.05) is 31.5 Å². The molecule has 0 aliphatic heterocycles. The van der Waals surface area contributed by atoms with E-state index in [0.29, 0.717) is 35.5 Å².